The summed E-state index contributed by atoms with van der Waals surface area (Å²) in [6, 6.07) is 6.12. The highest BCUT2D eigenvalue weighted by Gasteiger charge is 2.33. The number of nitrogens with zero attached hydrogens (tertiary/aromatic N) is 3. The minimum Gasteiger partial charge on any atom is -0.377 e. The van der Waals surface area contributed by atoms with Gasteiger partial charge < -0.3 is 19.4 Å². The number of anilines is 1. The maximum Gasteiger partial charge on any atom is 0.153 e. The van der Waals surface area contributed by atoms with Crippen molar-refractivity contribution in [1.82, 2.24) is 14.7 Å². The lowest BCUT2D eigenvalue weighted by molar-refractivity contribution is 0.0638. The summed E-state index contributed by atoms with van der Waals surface area (Å²) in [6.45, 7) is 7.59. The predicted molar refractivity (Wildman–Crippen MR) is 80.2 cm³/mol. The standard InChI is InChI=1S/C15H22N4O/c1-15(2)11-20-9-8-19(15)14-12(10-16-3)18-7-5-4-6-13(18)17-14/h4-7,16H,8-11H2,1-3H3. The maximum atomic E-state index is 5.62. The average molecular weight is 274 g/mol. The Labute approximate surface area is 119 Å². The van der Waals surface area contributed by atoms with Gasteiger partial charge in [0.25, 0.3) is 0 Å². The third kappa shape index (κ3) is 2.17. The fourth-order valence-electron chi connectivity index (χ4n) is 2.83. The van der Waals surface area contributed by atoms with Gasteiger partial charge in [-0.05, 0) is 33.0 Å². The number of hydrogen-bond donors (Lipinski definition) is 1. The van der Waals surface area contributed by atoms with Crippen molar-refractivity contribution in [1.29, 1.82) is 0 Å². The first kappa shape index (κ1) is 13.4. The first-order valence-electron chi connectivity index (χ1n) is 7.09. The molecule has 0 unspecified atom stereocenters. The second-order valence-electron chi connectivity index (χ2n) is 5.86. The highest BCUT2D eigenvalue weighted by molar-refractivity contribution is 5.57. The topological polar surface area (TPSA) is 41.8 Å². The molecule has 0 atom stereocenters. The molecule has 0 aromatic carbocycles. The Morgan fingerprint density at radius 2 is 2.25 bits per heavy atom. The molecule has 0 saturated carbocycles. The van der Waals surface area contributed by atoms with E-state index in [2.05, 4.69) is 40.7 Å². The SMILES string of the molecule is CNCc1c(N2CCOCC2(C)C)nc2ccccn12. The van der Waals surface area contributed by atoms with Gasteiger partial charge in [-0.15, -0.1) is 0 Å². The van der Waals surface area contributed by atoms with E-state index in [1.54, 1.807) is 0 Å². The van der Waals surface area contributed by atoms with Gasteiger partial charge >= 0.3 is 0 Å². The van der Waals surface area contributed by atoms with E-state index in [-0.39, 0.29) is 5.54 Å². The van der Waals surface area contributed by atoms with Crippen molar-refractivity contribution in [2.45, 2.75) is 25.9 Å². The summed E-state index contributed by atoms with van der Waals surface area (Å²) in [7, 11) is 1.97. The molecule has 3 rings (SSSR count). The first-order chi connectivity index (χ1) is 9.63. The van der Waals surface area contributed by atoms with Crippen molar-refractivity contribution in [3.05, 3.63) is 30.1 Å². The Bertz CT molecular complexity index is 605. The van der Waals surface area contributed by atoms with Crippen molar-refractivity contribution in [3.8, 4) is 0 Å². The van der Waals surface area contributed by atoms with Crippen LogP contribution >= 0.6 is 0 Å². The van der Waals surface area contributed by atoms with Crippen LogP contribution < -0.4 is 10.2 Å². The highest BCUT2D eigenvalue weighted by atomic mass is 16.5. The van der Waals surface area contributed by atoms with Gasteiger partial charge in [-0.3, -0.25) is 0 Å². The number of morpholine rings is 1. The molecule has 3 heterocycles. The molecule has 0 aliphatic carbocycles. The predicted octanol–water partition coefficient (Wildman–Crippen LogP) is 1.67. The van der Waals surface area contributed by atoms with Crippen LogP contribution in [0.3, 0.4) is 0 Å². The molecule has 0 amide bonds. The largest absolute Gasteiger partial charge is 0.377 e. The van der Waals surface area contributed by atoms with Crippen LogP contribution in [0.5, 0.6) is 0 Å². The zero-order valence-electron chi connectivity index (χ0n) is 12.4. The Morgan fingerprint density at radius 3 is 3.00 bits per heavy atom. The van der Waals surface area contributed by atoms with E-state index in [9.17, 15) is 0 Å². The van der Waals surface area contributed by atoms with Crippen molar-refractivity contribution in [2.24, 2.45) is 0 Å². The number of hydrogen-bond acceptors (Lipinski definition) is 4. The zero-order valence-corrected chi connectivity index (χ0v) is 12.4. The van der Waals surface area contributed by atoms with E-state index < -0.39 is 0 Å². The second kappa shape index (κ2) is 5.07. The summed E-state index contributed by atoms with van der Waals surface area (Å²) in [5.74, 6) is 1.07. The second-order valence-corrected chi connectivity index (χ2v) is 5.86. The fraction of sp³-hybridized carbons (Fsp3) is 0.533. The summed E-state index contributed by atoms with van der Waals surface area (Å²) in [5, 5.41) is 3.25. The Kier molecular flexibility index (Phi) is 3.40. The van der Waals surface area contributed by atoms with E-state index >= 15 is 0 Å². The van der Waals surface area contributed by atoms with Gasteiger partial charge in [-0.1, -0.05) is 6.07 Å². The number of ether oxygens (including phenoxy) is 1. The quantitative estimate of drug-likeness (QED) is 0.924. The molecule has 1 N–H and O–H groups in total. The molecular weight excluding hydrogens is 252 g/mol. The molecule has 2 aromatic heterocycles. The number of rotatable bonds is 3. The van der Waals surface area contributed by atoms with Gasteiger partial charge in [0.1, 0.15) is 5.65 Å². The Morgan fingerprint density at radius 1 is 1.40 bits per heavy atom. The molecule has 1 aliphatic heterocycles. The minimum atomic E-state index is -0.0291. The van der Waals surface area contributed by atoms with Gasteiger partial charge in [-0.2, -0.15) is 0 Å². The van der Waals surface area contributed by atoms with Crippen LogP contribution in [0.2, 0.25) is 0 Å². The Hall–Kier alpha value is -1.59. The van der Waals surface area contributed by atoms with Crippen LogP contribution in [-0.2, 0) is 11.3 Å². The molecule has 5 nitrogen and oxygen atoms in total. The van der Waals surface area contributed by atoms with Gasteiger partial charge in [0.15, 0.2) is 5.82 Å². The van der Waals surface area contributed by atoms with Crippen molar-refractivity contribution >= 4 is 11.5 Å². The van der Waals surface area contributed by atoms with Crippen molar-refractivity contribution in [3.63, 3.8) is 0 Å². The van der Waals surface area contributed by atoms with Crippen LogP contribution in [0.1, 0.15) is 19.5 Å². The van der Waals surface area contributed by atoms with E-state index in [1.807, 2.05) is 19.2 Å². The molecule has 1 fully saturated rings. The maximum absolute atomic E-state index is 5.62. The molecule has 20 heavy (non-hydrogen) atoms. The third-order valence-electron chi connectivity index (χ3n) is 3.85. The van der Waals surface area contributed by atoms with Crippen LogP contribution in [0, 0.1) is 0 Å². The number of aromatic nitrogens is 2. The molecule has 1 saturated heterocycles. The molecule has 0 spiro atoms. The van der Waals surface area contributed by atoms with Gasteiger partial charge in [0.2, 0.25) is 0 Å². The molecule has 1 aliphatic rings. The lowest BCUT2D eigenvalue weighted by atomic mass is 10.0. The number of imidazole rings is 1. The van der Waals surface area contributed by atoms with Crippen molar-refractivity contribution < 1.29 is 4.74 Å². The summed E-state index contributed by atoms with van der Waals surface area (Å²) in [5.41, 5.74) is 2.17. The molecule has 108 valence electrons. The van der Waals surface area contributed by atoms with E-state index in [4.69, 9.17) is 9.72 Å². The molecule has 0 bridgehead atoms. The summed E-state index contributed by atoms with van der Waals surface area (Å²) >= 11 is 0. The zero-order chi connectivity index (χ0) is 14.2. The van der Waals surface area contributed by atoms with Gasteiger partial charge in [-0.25, -0.2) is 4.98 Å². The first-order valence-corrected chi connectivity index (χ1v) is 7.09. The van der Waals surface area contributed by atoms with E-state index in [1.165, 1.54) is 5.69 Å². The molecular formula is C15H22N4O. The smallest absolute Gasteiger partial charge is 0.153 e. The van der Waals surface area contributed by atoms with Crippen LogP contribution in [0.4, 0.5) is 5.82 Å². The fourth-order valence-corrected chi connectivity index (χ4v) is 2.83. The lowest BCUT2D eigenvalue weighted by Gasteiger charge is -2.42. The third-order valence-corrected chi connectivity index (χ3v) is 3.85. The number of nitrogens with one attached hydrogen (secondary N) is 1. The van der Waals surface area contributed by atoms with Crippen LogP contribution in [-0.4, -0.2) is 41.7 Å². The number of fused-ring (bicyclic) bond motifs is 1. The van der Waals surface area contributed by atoms with Gasteiger partial charge in [0.05, 0.1) is 24.4 Å². The van der Waals surface area contributed by atoms with Gasteiger partial charge in [0, 0.05) is 19.3 Å². The average Bonchev–Trinajstić information content (AvgIpc) is 2.78. The minimum absolute atomic E-state index is 0.0291. The van der Waals surface area contributed by atoms with E-state index in [0.717, 1.165) is 37.8 Å². The summed E-state index contributed by atoms with van der Waals surface area (Å²) in [4.78, 5) is 7.22. The lowest BCUT2D eigenvalue weighted by Crippen LogP contribution is -2.53. The number of pyridine rings is 1. The highest BCUT2D eigenvalue weighted by Crippen LogP contribution is 2.30. The van der Waals surface area contributed by atoms with Crippen LogP contribution in [0.25, 0.3) is 5.65 Å². The summed E-state index contributed by atoms with van der Waals surface area (Å²) in [6.07, 6.45) is 2.08. The van der Waals surface area contributed by atoms with Crippen LogP contribution in [0.15, 0.2) is 24.4 Å². The normalized spacial score (nSPS) is 18.6. The Balaban J connectivity index is 2.12. The molecule has 5 heteroatoms. The van der Waals surface area contributed by atoms with E-state index in [0.29, 0.717) is 0 Å². The summed E-state index contributed by atoms with van der Waals surface area (Å²) < 4.78 is 7.78. The molecule has 0 radical (unpaired) electrons. The monoisotopic (exact) mass is 274 g/mol. The molecule has 2 aromatic rings. The van der Waals surface area contributed by atoms with Crippen molar-refractivity contribution in [2.75, 3.05) is 31.7 Å².